The lowest BCUT2D eigenvalue weighted by molar-refractivity contribution is 0.0221. The van der Waals surface area contributed by atoms with Gasteiger partial charge in [0.2, 0.25) is 0 Å². The summed E-state index contributed by atoms with van der Waals surface area (Å²) in [6, 6.07) is 0.598. The molecule has 1 N–H and O–H groups in total. The number of hydrogen-bond donors (Lipinski definition) is 1. The maximum Gasteiger partial charge on any atom is 0.268 e. The molecule has 0 amide bonds. The molecular formula is C11H12F3NO3S. The van der Waals surface area contributed by atoms with Gasteiger partial charge in [0.15, 0.2) is 4.90 Å². The van der Waals surface area contributed by atoms with Gasteiger partial charge in [-0.15, -0.1) is 0 Å². The van der Waals surface area contributed by atoms with Crippen LogP contribution in [0.2, 0.25) is 0 Å². The normalized spacial score (nSPS) is 17.0. The minimum absolute atomic E-state index is 0.299. The van der Waals surface area contributed by atoms with Crippen LogP contribution in [0.3, 0.4) is 0 Å². The number of nitrogens with one attached hydrogen (secondary N) is 1. The van der Waals surface area contributed by atoms with Gasteiger partial charge in [0.25, 0.3) is 10.0 Å². The molecule has 19 heavy (non-hydrogen) atoms. The van der Waals surface area contributed by atoms with Crippen molar-refractivity contribution >= 4 is 10.0 Å². The molecule has 2 rings (SSSR count). The number of sulfonamides is 1. The van der Waals surface area contributed by atoms with E-state index in [1.165, 1.54) is 0 Å². The van der Waals surface area contributed by atoms with E-state index in [9.17, 15) is 21.6 Å². The predicted molar refractivity (Wildman–Crippen MR) is 60.0 cm³/mol. The molecule has 0 radical (unpaired) electrons. The van der Waals surface area contributed by atoms with Crippen molar-refractivity contribution in [2.24, 2.45) is 0 Å². The fourth-order valence-electron chi connectivity index (χ4n) is 1.96. The van der Waals surface area contributed by atoms with Gasteiger partial charge in [0.05, 0.1) is 6.10 Å². The number of benzene rings is 1. The van der Waals surface area contributed by atoms with Crippen molar-refractivity contribution in [2.75, 3.05) is 0 Å². The number of hydrogen-bond acceptors (Lipinski definition) is 3. The van der Waals surface area contributed by atoms with Crippen LogP contribution < -0.4 is 4.89 Å². The molecular weight excluding hydrogens is 283 g/mol. The Labute approximate surface area is 108 Å². The highest BCUT2D eigenvalue weighted by Crippen LogP contribution is 2.23. The Bertz CT molecular complexity index is 548. The summed E-state index contributed by atoms with van der Waals surface area (Å²) in [5.41, 5.74) is 0. The molecule has 1 aliphatic carbocycles. The topological polar surface area (TPSA) is 55.4 Å². The summed E-state index contributed by atoms with van der Waals surface area (Å²) in [4.78, 5) is 5.34. The minimum atomic E-state index is -4.51. The molecule has 0 heterocycles. The van der Waals surface area contributed by atoms with Crippen LogP contribution in [0.15, 0.2) is 17.0 Å². The summed E-state index contributed by atoms with van der Waals surface area (Å²) in [7, 11) is -4.51. The lowest BCUT2D eigenvalue weighted by atomic mass is 10.3. The van der Waals surface area contributed by atoms with Crippen molar-refractivity contribution in [2.45, 2.75) is 36.7 Å². The SMILES string of the molecule is O=S(=O)(NOC1CCCC1)c1c(F)cc(F)cc1F. The van der Waals surface area contributed by atoms with Crippen molar-refractivity contribution < 1.29 is 26.4 Å². The van der Waals surface area contributed by atoms with Crippen LogP contribution in [0.4, 0.5) is 13.2 Å². The third-order valence-corrected chi connectivity index (χ3v) is 4.10. The summed E-state index contributed by atoms with van der Waals surface area (Å²) in [5.74, 6) is -4.19. The minimum Gasteiger partial charge on any atom is -0.284 e. The second kappa shape index (κ2) is 5.48. The molecule has 0 bridgehead atoms. The van der Waals surface area contributed by atoms with Gasteiger partial charge in [-0.25, -0.2) is 21.6 Å². The van der Waals surface area contributed by atoms with E-state index in [-0.39, 0.29) is 6.10 Å². The molecule has 0 aliphatic heterocycles. The van der Waals surface area contributed by atoms with E-state index in [2.05, 4.69) is 0 Å². The van der Waals surface area contributed by atoms with Gasteiger partial charge >= 0.3 is 0 Å². The van der Waals surface area contributed by atoms with Crippen LogP contribution in [0, 0.1) is 17.5 Å². The molecule has 0 atom stereocenters. The van der Waals surface area contributed by atoms with E-state index in [0.717, 1.165) is 12.8 Å². The lowest BCUT2D eigenvalue weighted by Gasteiger charge is -2.12. The Morgan fingerprint density at radius 3 is 2.16 bits per heavy atom. The second-order valence-corrected chi connectivity index (χ2v) is 5.89. The van der Waals surface area contributed by atoms with Gasteiger partial charge in [-0.2, -0.15) is 0 Å². The zero-order valence-corrected chi connectivity index (χ0v) is 10.6. The van der Waals surface area contributed by atoms with Gasteiger partial charge in [-0.3, -0.25) is 4.84 Å². The van der Waals surface area contributed by atoms with Crippen molar-refractivity contribution in [3.63, 3.8) is 0 Å². The maximum absolute atomic E-state index is 13.4. The molecule has 1 saturated carbocycles. The Hall–Kier alpha value is -1.12. The van der Waals surface area contributed by atoms with Gasteiger partial charge in [0, 0.05) is 12.1 Å². The van der Waals surface area contributed by atoms with E-state index in [1.54, 1.807) is 4.89 Å². The molecule has 1 aromatic rings. The van der Waals surface area contributed by atoms with Crippen molar-refractivity contribution in [3.05, 3.63) is 29.6 Å². The second-order valence-electron chi connectivity index (χ2n) is 4.31. The zero-order chi connectivity index (χ0) is 14.0. The van der Waals surface area contributed by atoms with E-state index >= 15 is 0 Å². The summed E-state index contributed by atoms with van der Waals surface area (Å²) < 4.78 is 62.8. The van der Waals surface area contributed by atoms with Gasteiger partial charge in [0.1, 0.15) is 17.5 Å². The molecule has 1 aliphatic rings. The van der Waals surface area contributed by atoms with Crippen molar-refractivity contribution in [1.82, 2.24) is 4.89 Å². The highest BCUT2D eigenvalue weighted by Gasteiger charge is 2.27. The Kier molecular flexibility index (Phi) is 4.12. The molecule has 0 spiro atoms. The third-order valence-electron chi connectivity index (χ3n) is 2.86. The Morgan fingerprint density at radius 2 is 1.63 bits per heavy atom. The van der Waals surface area contributed by atoms with E-state index in [4.69, 9.17) is 4.84 Å². The first kappa shape index (κ1) is 14.3. The van der Waals surface area contributed by atoms with Gasteiger partial charge in [-0.05, 0) is 12.8 Å². The Balaban J connectivity index is 2.19. The molecule has 4 nitrogen and oxygen atoms in total. The van der Waals surface area contributed by atoms with Gasteiger partial charge < -0.3 is 0 Å². The summed E-state index contributed by atoms with van der Waals surface area (Å²) >= 11 is 0. The average Bonchev–Trinajstić information content (AvgIpc) is 2.77. The number of halogens is 3. The molecule has 106 valence electrons. The van der Waals surface area contributed by atoms with Crippen LogP contribution in [0.25, 0.3) is 0 Å². The average molecular weight is 295 g/mol. The van der Waals surface area contributed by atoms with Gasteiger partial charge in [-0.1, -0.05) is 17.7 Å². The molecule has 8 heteroatoms. The van der Waals surface area contributed by atoms with Crippen molar-refractivity contribution in [1.29, 1.82) is 0 Å². The lowest BCUT2D eigenvalue weighted by Crippen LogP contribution is -2.30. The molecule has 0 unspecified atom stereocenters. The van der Waals surface area contributed by atoms with E-state index in [0.29, 0.717) is 25.0 Å². The first-order chi connectivity index (χ1) is 8.90. The third kappa shape index (κ3) is 3.26. The highest BCUT2D eigenvalue weighted by atomic mass is 32.2. The summed E-state index contributed by atoms with van der Waals surface area (Å²) in [6.07, 6.45) is 2.87. The highest BCUT2D eigenvalue weighted by molar-refractivity contribution is 7.89. The summed E-state index contributed by atoms with van der Waals surface area (Å²) in [6.45, 7) is 0. The maximum atomic E-state index is 13.4. The molecule has 0 aromatic heterocycles. The van der Waals surface area contributed by atoms with Crippen LogP contribution in [0.1, 0.15) is 25.7 Å². The monoisotopic (exact) mass is 295 g/mol. The van der Waals surface area contributed by atoms with E-state index < -0.39 is 32.4 Å². The quantitative estimate of drug-likeness (QED) is 0.867. The fraction of sp³-hybridized carbons (Fsp3) is 0.455. The van der Waals surface area contributed by atoms with Crippen LogP contribution >= 0.6 is 0 Å². The standard InChI is InChI=1S/C11H12F3NO3S/c12-7-5-9(13)11(10(14)6-7)19(16,17)15-18-8-3-1-2-4-8/h5-6,8,15H,1-4H2. The molecule has 0 saturated heterocycles. The van der Waals surface area contributed by atoms with Crippen LogP contribution in [-0.4, -0.2) is 14.5 Å². The largest absolute Gasteiger partial charge is 0.284 e. The van der Waals surface area contributed by atoms with Crippen LogP contribution in [0.5, 0.6) is 0 Å². The smallest absolute Gasteiger partial charge is 0.268 e. The molecule has 1 aromatic carbocycles. The van der Waals surface area contributed by atoms with Crippen molar-refractivity contribution in [3.8, 4) is 0 Å². The van der Waals surface area contributed by atoms with E-state index in [1.807, 2.05) is 0 Å². The first-order valence-electron chi connectivity index (χ1n) is 5.72. The predicted octanol–water partition coefficient (Wildman–Crippen LogP) is 2.26. The fourth-order valence-corrected chi connectivity index (χ4v) is 2.94. The molecule has 1 fully saturated rings. The zero-order valence-electron chi connectivity index (χ0n) is 9.83. The first-order valence-corrected chi connectivity index (χ1v) is 7.20. The summed E-state index contributed by atoms with van der Waals surface area (Å²) in [5, 5.41) is 0. The number of rotatable bonds is 4. The van der Waals surface area contributed by atoms with Crippen LogP contribution in [-0.2, 0) is 14.9 Å². The Morgan fingerprint density at radius 1 is 1.11 bits per heavy atom.